The van der Waals surface area contributed by atoms with Gasteiger partial charge in [0.25, 0.3) is 0 Å². The Bertz CT molecular complexity index is 1000. The van der Waals surface area contributed by atoms with Crippen molar-refractivity contribution < 1.29 is 14.3 Å². The summed E-state index contributed by atoms with van der Waals surface area (Å²) in [5, 5.41) is 1.40. The maximum atomic E-state index is 12.9. The second-order valence-electron chi connectivity index (χ2n) is 11.7. The van der Waals surface area contributed by atoms with E-state index in [2.05, 4.69) is 40.4 Å². The lowest BCUT2D eigenvalue weighted by atomic mass is 9.85. The van der Waals surface area contributed by atoms with Crippen molar-refractivity contribution in [1.29, 1.82) is 0 Å². The summed E-state index contributed by atoms with van der Waals surface area (Å²) in [6, 6.07) is 1.51. The summed E-state index contributed by atoms with van der Waals surface area (Å²) >= 11 is 6.57. The molecule has 182 valence electrons. The minimum atomic E-state index is -1.14. The molecule has 0 N–H and O–H groups in total. The van der Waals surface area contributed by atoms with Gasteiger partial charge in [-0.15, -0.1) is 0 Å². The van der Waals surface area contributed by atoms with E-state index in [9.17, 15) is 4.79 Å². The Labute approximate surface area is 202 Å². The van der Waals surface area contributed by atoms with Gasteiger partial charge in [0.05, 0.1) is 5.39 Å². The lowest BCUT2D eigenvalue weighted by Gasteiger charge is -2.39. The highest BCUT2D eigenvalue weighted by Gasteiger charge is 2.45. The Morgan fingerprint density at radius 2 is 1.85 bits per heavy atom. The van der Waals surface area contributed by atoms with E-state index in [-0.39, 0.29) is 18.2 Å². The maximum Gasteiger partial charge on any atom is 0.410 e. The first kappa shape index (κ1) is 24.5. The zero-order valence-electron chi connectivity index (χ0n) is 20.7. The molecule has 4 heterocycles. The molecule has 0 aromatic carbocycles. The van der Waals surface area contributed by atoms with Gasteiger partial charge in [0.2, 0.25) is 0 Å². The topological polar surface area (TPSA) is 69.5 Å². The molecular formula is C24H37ClN4O3Si. The van der Waals surface area contributed by atoms with Crippen molar-refractivity contribution in [2.24, 2.45) is 0 Å². The Morgan fingerprint density at radius 1 is 1.18 bits per heavy atom. The number of ether oxygens (including phenoxy) is 2. The molecule has 0 aliphatic carbocycles. The van der Waals surface area contributed by atoms with E-state index in [4.69, 9.17) is 21.1 Å². The number of halogens is 1. The number of hydrogen-bond donors (Lipinski definition) is 0. The fourth-order valence-corrected chi connectivity index (χ4v) is 6.10. The second-order valence-corrected chi connectivity index (χ2v) is 17.7. The van der Waals surface area contributed by atoms with Crippen molar-refractivity contribution in [3.63, 3.8) is 0 Å². The normalized spacial score (nSPS) is 23.4. The minimum absolute atomic E-state index is 0.187. The first-order valence-electron chi connectivity index (χ1n) is 12.0. The van der Waals surface area contributed by atoms with Gasteiger partial charge in [-0.05, 0) is 64.0 Å². The molecule has 1 amide bonds. The first-order chi connectivity index (χ1) is 15.4. The van der Waals surface area contributed by atoms with Crippen LogP contribution >= 0.6 is 11.6 Å². The van der Waals surface area contributed by atoms with E-state index < -0.39 is 13.7 Å². The molecule has 0 spiro atoms. The monoisotopic (exact) mass is 492 g/mol. The second kappa shape index (κ2) is 9.19. The fourth-order valence-electron chi connectivity index (χ4n) is 5.11. The van der Waals surface area contributed by atoms with E-state index in [0.717, 1.165) is 49.4 Å². The number of piperidine rings is 1. The molecule has 2 bridgehead atoms. The molecular weight excluding hydrogens is 456 g/mol. The zero-order valence-corrected chi connectivity index (χ0v) is 22.5. The molecule has 7 nitrogen and oxygen atoms in total. The highest BCUT2D eigenvalue weighted by atomic mass is 35.5. The van der Waals surface area contributed by atoms with E-state index in [1.54, 1.807) is 0 Å². The third-order valence-corrected chi connectivity index (χ3v) is 8.63. The predicted octanol–water partition coefficient (Wildman–Crippen LogP) is 6.04. The van der Waals surface area contributed by atoms with Gasteiger partial charge in [0.15, 0.2) is 0 Å². The summed E-state index contributed by atoms with van der Waals surface area (Å²) in [6.07, 6.45) is 7.31. The van der Waals surface area contributed by atoms with Crippen LogP contribution < -0.4 is 0 Å². The standard InChI is InChI=1S/C24H37ClN4O3Si/c1-24(2,3)32-23(30)29-17-7-8-18(29)12-16(11-17)19-13-28(15-31-9-10-33(4,5)6)22-20(19)21(25)26-14-27-22/h13-14,16-18H,7-12,15H2,1-6H3/t16?,17-,18+. The summed E-state index contributed by atoms with van der Waals surface area (Å²) < 4.78 is 13.8. The Morgan fingerprint density at radius 3 is 2.45 bits per heavy atom. The molecule has 2 saturated heterocycles. The minimum Gasteiger partial charge on any atom is -0.444 e. The Hall–Kier alpha value is -1.64. The van der Waals surface area contributed by atoms with Crippen LogP contribution in [0.3, 0.4) is 0 Å². The molecule has 3 atom stereocenters. The number of hydrogen-bond acceptors (Lipinski definition) is 5. The van der Waals surface area contributed by atoms with Gasteiger partial charge in [-0.2, -0.15) is 0 Å². The molecule has 2 aliphatic heterocycles. The highest BCUT2D eigenvalue weighted by Crippen LogP contribution is 2.46. The third kappa shape index (κ3) is 5.54. The van der Waals surface area contributed by atoms with Crippen LogP contribution in [-0.4, -0.2) is 57.9 Å². The quantitative estimate of drug-likeness (QED) is 0.279. The molecule has 2 aromatic heterocycles. The molecule has 0 radical (unpaired) electrons. The number of fused-ring (bicyclic) bond motifs is 3. The average molecular weight is 493 g/mol. The van der Waals surface area contributed by atoms with Gasteiger partial charge in [-0.25, -0.2) is 14.8 Å². The number of amides is 1. The van der Waals surface area contributed by atoms with Gasteiger partial charge in [0.1, 0.15) is 29.5 Å². The Kier molecular flexibility index (Phi) is 6.82. The third-order valence-electron chi connectivity index (χ3n) is 6.64. The number of nitrogens with zero attached hydrogens (tertiary/aromatic N) is 4. The number of carbonyl (C=O) groups excluding carboxylic acids is 1. The smallest absolute Gasteiger partial charge is 0.410 e. The fraction of sp³-hybridized carbons (Fsp3) is 0.708. The van der Waals surface area contributed by atoms with Crippen molar-refractivity contribution in [3.05, 3.63) is 23.2 Å². The van der Waals surface area contributed by atoms with Crippen LogP contribution in [0.1, 0.15) is 57.9 Å². The lowest BCUT2D eigenvalue weighted by molar-refractivity contribution is 0.00588. The Balaban J connectivity index is 1.54. The highest BCUT2D eigenvalue weighted by molar-refractivity contribution is 6.76. The van der Waals surface area contributed by atoms with Crippen molar-refractivity contribution in [2.45, 2.75) is 102 Å². The SMILES string of the molecule is CC(C)(C)OC(=O)N1[C@@H]2CC[C@H]1CC(c1cn(COCC[Si](C)(C)C)c3ncnc(Cl)c13)C2. The van der Waals surface area contributed by atoms with E-state index in [1.165, 1.54) is 11.9 Å². The van der Waals surface area contributed by atoms with Gasteiger partial charge >= 0.3 is 6.09 Å². The number of aromatic nitrogens is 3. The molecule has 2 aromatic rings. The van der Waals surface area contributed by atoms with E-state index in [0.29, 0.717) is 17.8 Å². The van der Waals surface area contributed by atoms with Crippen molar-refractivity contribution in [1.82, 2.24) is 19.4 Å². The van der Waals surface area contributed by atoms with Crippen molar-refractivity contribution in [3.8, 4) is 0 Å². The summed E-state index contributed by atoms with van der Waals surface area (Å²) in [7, 11) is -1.14. The van der Waals surface area contributed by atoms with Crippen LogP contribution in [0, 0.1) is 0 Å². The maximum absolute atomic E-state index is 12.9. The van der Waals surface area contributed by atoms with Crippen molar-refractivity contribution in [2.75, 3.05) is 6.61 Å². The lowest BCUT2D eigenvalue weighted by Crippen LogP contribution is -2.48. The van der Waals surface area contributed by atoms with Crippen molar-refractivity contribution >= 4 is 36.8 Å². The largest absolute Gasteiger partial charge is 0.444 e. The molecule has 0 saturated carbocycles. The molecule has 2 aliphatic rings. The molecule has 4 rings (SSSR count). The summed E-state index contributed by atoms with van der Waals surface area (Å²) in [4.78, 5) is 23.6. The summed E-state index contributed by atoms with van der Waals surface area (Å²) in [6.45, 7) is 14.0. The van der Waals surface area contributed by atoms with Crippen LogP contribution in [0.4, 0.5) is 4.79 Å². The summed E-state index contributed by atoms with van der Waals surface area (Å²) in [5.74, 6) is 0.301. The van der Waals surface area contributed by atoms with Gasteiger partial charge in [-0.3, -0.25) is 0 Å². The van der Waals surface area contributed by atoms with Gasteiger partial charge in [0, 0.05) is 33.0 Å². The average Bonchev–Trinajstić information content (AvgIpc) is 3.19. The van der Waals surface area contributed by atoms with Crippen LogP contribution in [-0.2, 0) is 16.2 Å². The van der Waals surface area contributed by atoms with Gasteiger partial charge in [-0.1, -0.05) is 31.2 Å². The zero-order chi connectivity index (χ0) is 24.0. The van der Waals surface area contributed by atoms with E-state index >= 15 is 0 Å². The predicted molar refractivity (Wildman–Crippen MR) is 134 cm³/mol. The van der Waals surface area contributed by atoms with Crippen LogP contribution in [0.15, 0.2) is 12.5 Å². The van der Waals surface area contributed by atoms with Crippen LogP contribution in [0.5, 0.6) is 0 Å². The molecule has 33 heavy (non-hydrogen) atoms. The van der Waals surface area contributed by atoms with Gasteiger partial charge < -0.3 is 18.9 Å². The molecule has 2 fully saturated rings. The number of rotatable bonds is 6. The summed E-state index contributed by atoms with van der Waals surface area (Å²) in [5.41, 5.74) is 1.51. The molecule has 9 heteroatoms. The first-order valence-corrected chi connectivity index (χ1v) is 16.1. The van der Waals surface area contributed by atoms with Crippen LogP contribution in [0.2, 0.25) is 30.8 Å². The molecule has 1 unspecified atom stereocenters. The number of carbonyl (C=O) groups is 1. The van der Waals surface area contributed by atoms with Crippen LogP contribution in [0.25, 0.3) is 11.0 Å². The van der Waals surface area contributed by atoms with E-state index in [1.807, 2.05) is 25.7 Å².